The third-order valence-corrected chi connectivity index (χ3v) is 3.90. The Kier molecular flexibility index (Phi) is 7.61. The van der Waals surface area contributed by atoms with E-state index in [0.29, 0.717) is 12.2 Å². The highest BCUT2D eigenvalue weighted by molar-refractivity contribution is 6.03. The molecule has 0 aliphatic heterocycles. The van der Waals surface area contributed by atoms with Crippen LogP contribution < -0.4 is 10.6 Å². The summed E-state index contributed by atoms with van der Waals surface area (Å²) < 4.78 is 10.1. The van der Waals surface area contributed by atoms with Gasteiger partial charge in [-0.25, -0.2) is 4.79 Å². The molecule has 0 aliphatic carbocycles. The molecule has 0 atom stereocenters. The second-order valence-corrected chi connectivity index (χ2v) is 6.09. The molecule has 27 heavy (non-hydrogen) atoms. The first-order valence-electron chi connectivity index (χ1n) is 8.90. The van der Waals surface area contributed by atoms with E-state index >= 15 is 0 Å². The predicted octanol–water partition coefficient (Wildman–Crippen LogP) is 3.30. The van der Waals surface area contributed by atoms with Gasteiger partial charge in [0.25, 0.3) is 11.8 Å². The maximum atomic E-state index is 12.2. The molecule has 0 saturated carbocycles. The number of anilines is 1. The van der Waals surface area contributed by atoms with Gasteiger partial charge in [-0.3, -0.25) is 9.59 Å². The molecular formula is C20H24N2O5. The van der Waals surface area contributed by atoms with Crippen molar-refractivity contribution in [2.75, 3.05) is 18.5 Å². The van der Waals surface area contributed by atoms with E-state index in [1.807, 2.05) is 0 Å². The van der Waals surface area contributed by atoms with Gasteiger partial charge in [-0.2, -0.15) is 0 Å². The topological polar surface area (TPSA) is 97.6 Å². The fourth-order valence-corrected chi connectivity index (χ4v) is 2.34. The maximum Gasteiger partial charge on any atom is 0.338 e. The quantitative estimate of drug-likeness (QED) is 0.520. The van der Waals surface area contributed by atoms with Crippen molar-refractivity contribution in [1.29, 1.82) is 0 Å². The molecule has 0 bridgehead atoms. The molecule has 0 unspecified atom stereocenters. The molecule has 2 amide bonds. The maximum absolute atomic E-state index is 12.2. The van der Waals surface area contributed by atoms with Crippen molar-refractivity contribution in [3.05, 3.63) is 53.5 Å². The number of carbonyl (C=O) groups excluding carboxylic acids is 3. The Hall–Kier alpha value is -3.09. The Bertz CT molecular complexity index is 784. The number of rotatable bonds is 9. The molecule has 0 saturated heterocycles. The van der Waals surface area contributed by atoms with Gasteiger partial charge >= 0.3 is 5.97 Å². The number of esters is 1. The fraction of sp³-hybridized carbons (Fsp3) is 0.350. The summed E-state index contributed by atoms with van der Waals surface area (Å²) in [6.07, 6.45) is 4.41. The van der Waals surface area contributed by atoms with Crippen LogP contribution >= 0.6 is 0 Å². The molecule has 2 aromatic rings. The minimum absolute atomic E-state index is 0.169. The van der Waals surface area contributed by atoms with Crippen LogP contribution in [-0.4, -0.2) is 30.9 Å². The van der Waals surface area contributed by atoms with E-state index in [0.717, 1.165) is 24.8 Å². The molecule has 1 aromatic carbocycles. The molecule has 0 spiro atoms. The van der Waals surface area contributed by atoms with Crippen LogP contribution in [0.25, 0.3) is 0 Å². The summed E-state index contributed by atoms with van der Waals surface area (Å²) in [4.78, 5) is 36.0. The van der Waals surface area contributed by atoms with E-state index in [9.17, 15) is 14.4 Å². The fourth-order valence-electron chi connectivity index (χ4n) is 2.34. The molecular weight excluding hydrogens is 348 g/mol. The summed E-state index contributed by atoms with van der Waals surface area (Å²) in [6.45, 7) is 4.11. The number of nitrogens with one attached hydrogen (secondary N) is 2. The highest BCUT2D eigenvalue weighted by Gasteiger charge is 2.14. The lowest BCUT2D eigenvalue weighted by molar-refractivity contribution is -0.124. The van der Waals surface area contributed by atoms with Crippen LogP contribution in [0.3, 0.4) is 0 Å². The van der Waals surface area contributed by atoms with Gasteiger partial charge in [-0.15, -0.1) is 0 Å². The van der Waals surface area contributed by atoms with E-state index in [1.54, 1.807) is 31.2 Å². The molecule has 2 N–H and O–H groups in total. The van der Waals surface area contributed by atoms with Gasteiger partial charge < -0.3 is 19.8 Å². The number of benzene rings is 1. The standard InChI is InChI=1S/C20H24N2O5/c1-3-4-5-10-21-18(23)13-27-20(25)15-9-8-14(2)16(12-15)22-19(24)17-7-6-11-26-17/h6-9,11-12H,3-5,10,13H2,1-2H3,(H,21,23)(H,22,24). The lowest BCUT2D eigenvalue weighted by atomic mass is 10.1. The van der Waals surface area contributed by atoms with Crippen LogP contribution in [0.15, 0.2) is 41.0 Å². The minimum atomic E-state index is -0.632. The van der Waals surface area contributed by atoms with Gasteiger partial charge in [0, 0.05) is 12.2 Å². The zero-order valence-electron chi connectivity index (χ0n) is 15.5. The van der Waals surface area contributed by atoms with Crippen molar-refractivity contribution in [2.24, 2.45) is 0 Å². The number of hydrogen-bond donors (Lipinski definition) is 2. The number of amides is 2. The Morgan fingerprint density at radius 2 is 1.96 bits per heavy atom. The second-order valence-electron chi connectivity index (χ2n) is 6.09. The Balaban J connectivity index is 1.91. The first kappa shape index (κ1) is 20.2. The minimum Gasteiger partial charge on any atom is -0.459 e. The van der Waals surface area contributed by atoms with Crippen molar-refractivity contribution >= 4 is 23.5 Å². The molecule has 0 fully saturated rings. The van der Waals surface area contributed by atoms with Gasteiger partial charge in [-0.1, -0.05) is 25.8 Å². The lowest BCUT2D eigenvalue weighted by Crippen LogP contribution is -2.29. The molecule has 1 aromatic heterocycles. The Morgan fingerprint density at radius 3 is 2.67 bits per heavy atom. The van der Waals surface area contributed by atoms with Gasteiger partial charge in [0.05, 0.1) is 11.8 Å². The normalized spacial score (nSPS) is 10.3. The molecule has 2 rings (SSSR count). The van der Waals surface area contributed by atoms with Crippen LogP contribution in [0.1, 0.15) is 52.7 Å². The van der Waals surface area contributed by atoms with Crippen LogP contribution in [0.5, 0.6) is 0 Å². The number of aryl methyl sites for hydroxylation is 1. The zero-order chi connectivity index (χ0) is 19.6. The van der Waals surface area contributed by atoms with Gasteiger partial charge in [0.2, 0.25) is 0 Å². The highest BCUT2D eigenvalue weighted by atomic mass is 16.5. The van der Waals surface area contributed by atoms with Gasteiger partial charge in [-0.05, 0) is 43.2 Å². The van der Waals surface area contributed by atoms with E-state index in [4.69, 9.17) is 9.15 Å². The van der Waals surface area contributed by atoms with E-state index in [2.05, 4.69) is 17.6 Å². The van der Waals surface area contributed by atoms with Gasteiger partial charge in [0.1, 0.15) is 0 Å². The van der Waals surface area contributed by atoms with Crippen LogP contribution in [0.2, 0.25) is 0 Å². The van der Waals surface area contributed by atoms with Crippen molar-refractivity contribution in [1.82, 2.24) is 5.32 Å². The number of carbonyl (C=O) groups is 3. The van der Waals surface area contributed by atoms with Gasteiger partial charge in [0.15, 0.2) is 12.4 Å². The number of unbranched alkanes of at least 4 members (excludes halogenated alkanes) is 2. The highest BCUT2D eigenvalue weighted by Crippen LogP contribution is 2.19. The largest absolute Gasteiger partial charge is 0.459 e. The second kappa shape index (κ2) is 10.2. The Morgan fingerprint density at radius 1 is 1.15 bits per heavy atom. The molecule has 7 nitrogen and oxygen atoms in total. The van der Waals surface area contributed by atoms with E-state index in [-0.39, 0.29) is 23.8 Å². The number of ether oxygens (including phenoxy) is 1. The smallest absolute Gasteiger partial charge is 0.338 e. The van der Waals surface area contributed by atoms with Crippen molar-refractivity contribution < 1.29 is 23.5 Å². The van der Waals surface area contributed by atoms with E-state index < -0.39 is 11.9 Å². The van der Waals surface area contributed by atoms with Crippen molar-refractivity contribution in [3.63, 3.8) is 0 Å². The summed E-state index contributed by atoms with van der Waals surface area (Å²) in [5.74, 6) is -1.22. The average Bonchev–Trinajstić information content (AvgIpc) is 3.20. The molecule has 0 radical (unpaired) electrons. The third-order valence-electron chi connectivity index (χ3n) is 3.90. The van der Waals surface area contributed by atoms with Crippen LogP contribution in [0, 0.1) is 6.92 Å². The van der Waals surface area contributed by atoms with Crippen LogP contribution in [-0.2, 0) is 9.53 Å². The van der Waals surface area contributed by atoms with E-state index in [1.165, 1.54) is 12.3 Å². The molecule has 7 heteroatoms. The average molecular weight is 372 g/mol. The molecule has 0 aliphatic rings. The van der Waals surface area contributed by atoms with Crippen LogP contribution in [0.4, 0.5) is 5.69 Å². The predicted molar refractivity (Wildman–Crippen MR) is 101 cm³/mol. The summed E-state index contributed by atoms with van der Waals surface area (Å²) in [5, 5.41) is 5.40. The van der Waals surface area contributed by atoms with Crippen molar-refractivity contribution in [2.45, 2.75) is 33.1 Å². The number of hydrogen-bond acceptors (Lipinski definition) is 5. The number of furan rings is 1. The SMILES string of the molecule is CCCCCNC(=O)COC(=O)c1ccc(C)c(NC(=O)c2ccco2)c1. The monoisotopic (exact) mass is 372 g/mol. The summed E-state index contributed by atoms with van der Waals surface area (Å²) in [5.41, 5.74) is 1.49. The lowest BCUT2D eigenvalue weighted by Gasteiger charge is -2.10. The molecule has 144 valence electrons. The first-order valence-corrected chi connectivity index (χ1v) is 8.90. The zero-order valence-corrected chi connectivity index (χ0v) is 15.5. The Labute approximate surface area is 158 Å². The summed E-state index contributed by atoms with van der Waals surface area (Å²) in [7, 11) is 0. The molecule has 1 heterocycles. The summed E-state index contributed by atoms with van der Waals surface area (Å²) in [6, 6.07) is 7.95. The summed E-state index contributed by atoms with van der Waals surface area (Å²) >= 11 is 0. The first-order chi connectivity index (χ1) is 13.0. The van der Waals surface area contributed by atoms with Crippen molar-refractivity contribution in [3.8, 4) is 0 Å². The third kappa shape index (κ3) is 6.29.